The molecule has 0 bridgehead atoms. The van der Waals surface area contributed by atoms with E-state index in [1.54, 1.807) is 0 Å². The summed E-state index contributed by atoms with van der Waals surface area (Å²) in [4.78, 5) is 8.80. The second-order valence-electron chi connectivity index (χ2n) is 4.52. The van der Waals surface area contributed by atoms with Gasteiger partial charge in [0.05, 0.1) is 0 Å². The van der Waals surface area contributed by atoms with Crippen LogP contribution in [0.3, 0.4) is 0 Å². The van der Waals surface area contributed by atoms with Crippen LogP contribution in [0.5, 0.6) is 0 Å². The maximum atomic E-state index is 4.45. The zero-order valence-corrected chi connectivity index (χ0v) is 10.3. The van der Waals surface area contributed by atoms with Crippen LogP contribution in [0.25, 0.3) is 0 Å². The third kappa shape index (κ3) is 2.26. The van der Waals surface area contributed by atoms with Crippen molar-refractivity contribution in [3.8, 4) is 0 Å². The molecule has 16 heavy (non-hydrogen) atoms. The van der Waals surface area contributed by atoms with Crippen LogP contribution < -0.4 is 10.6 Å². The van der Waals surface area contributed by atoms with Gasteiger partial charge < -0.3 is 10.6 Å². The third-order valence-corrected chi connectivity index (χ3v) is 3.28. The highest BCUT2D eigenvalue weighted by molar-refractivity contribution is 5.56. The molecule has 0 atom stereocenters. The van der Waals surface area contributed by atoms with E-state index in [1.807, 2.05) is 20.9 Å². The van der Waals surface area contributed by atoms with Gasteiger partial charge in [-0.25, -0.2) is 9.97 Å². The zero-order valence-electron chi connectivity index (χ0n) is 10.3. The van der Waals surface area contributed by atoms with Crippen molar-refractivity contribution in [2.24, 2.45) is 5.92 Å². The predicted molar refractivity (Wildman–Crippen MR) is 66.9 cm³/mol. The molecule has 1 aliphatic carbocycles. The molecule has 1 aliphatic rings. The Morgan fingerprint density at radius 1 is 1.19 bits per heavy atom. The van der Waals surface area contributed by atoms with Gasteiger partial charge in [0.25, 0.3) is 0 Å². The van der Waals surface area contributed by atoms with Gasteiger partial charge >= 0.3 is 0 Å². The summed E-state index contributed by atoms with van der Waals surface area (Å²) in [6.45, 7) is 5.02. The van der Waals surface area contributed by atoms with E-state index < -0.39 is 0 Å². The number of nitrogens with one attached hydrogen (secondary N) is 2. The van der Waals surface area contributed by atoms with E-state index in [1.165, 1.54) is 19.3 Å². The molecule has 1 aromatic heterocycles. The van der Waals surface area contributed by atoms with Crippen molar-refractivity contribution in [2.75, 3.05) is 24.2 Å². The summed E-state index contributed by atoms with van der Waals surface area (Å²) in [6.07, 6.45) is 4.10. The van der Waals surface area contributed by atoms with E-state index in [4.69, 9.17) is 0 Å². The van der Waals surface area contributed by atoms with Gasteiger partial charge in [-0.05, 0) is 32.6 Å². The molecular formula is C12H20N4. The molecule has 1 fully saturated rings. The number of hydrogen-bond acceptors (Lipinski definition) is 4. The molecule has 0 aliphatic heterocycles. The van der Waals surface area contributed by atoms with E-state index in [9.17, 15) is 0 Å². The van der Waals surface area contributed by atoms with Crippen LogP contribution in [0, 0.1) is 19.8 Å². The number of aryl methyl sites for hydroxylation is 1. The summed E-state index contributed by atoms with van der Waals surface area (Å²) < 4.78 is 0. The summed E-state index contributed by atoms with van der Waals surface area (Å²) in [7, 11) is 1.89. The molecule has 0 amide bonds. The highest BCUT2D eigenvalue weighted by Gasteiger charge is 2.17. The van der Waals surface area contributed by atoms with Gasteiger partial charge in [-0.2, -0.15) is 0 Å². The fourth-order valence-electron chi connectivity index (χ4n) is 1.98. The zero-order chi connectivity index (χ0) is 11.5. The van der Waals surface area contributed by atoms with Crippen molar-refractivity contribution < 1.29 is 0 Å². The van der Waals surface area contributed by atoms with Gasteiger partial charge in [-0.1, -0.05) is 6.42 Å². The van der Waals surface area contributed by atoms with Gasteiger partial charge in [0.1, 0.15) is 17.5 Å². The largest absolute Gasteiger partial charge is 0.373 e. The minimum atomic E-state index is 0.811. The predicted octanol–water partition coefficient (Wildman–Crippen LogP) is 2.35. The van der Waals surface area contributed by atoms with Gasteiger partial charge in [0.2, 0.25) is 0 Å². The Balaban J connectivity index is 2.08. The second kappa shape index (κ2) is 4.68. The molecule has 88 valence electrons. The molecule has 2 N–H and O–H groups in total. The summed E-state index contributed by atoms with van der Waals surface area (Å²) in [5.74, 6) is 3.55. The first-order valence-electron chi connectivity index (χ1n) is 5.97. The number of anilines is 2. The SMILES string of the molecule is CNc1nc(C)nc(NCC2CCC2)c1C. The fraction of sp³-hybridized carbons (Fsp3) is 0.667. The quantitative estimate of drug-likeness (QED) is 0.817. The maximum absolute atomic E-state index is 4.45. The van der Waals surface area contributed by atoms with Crippen LogP contribution in [0.15, 0.2) is 0 Å². The van der Waals surface area contributed by atoms with Crippen LogP contribution in [-0.2, 0) is 0 Å². The summed E-state index contributed by atoms with van der Waals surface area (Å²) >= 11 is 0. The van der Waals surface area contributed by atoms with Gasteiger partial charge in [-0.15, -0.1) is 0 Å². The maximum Gasteiger partial charge on any atom is 0.134 e. The molecule has 1 heterocycles. The Kier molecular flexibility index (Phi) is 3.27. The minimum absolute atomic E-state index is 0.811. The lowest BCUT2D eigenvalue weighted by Gasteiger charge is -2.26. The van der Waals surface area contributed by atoms with Crippen LogP contribution >= 0.6 is 0 Å². The van der Waals surface area contributed by atoms with E-state index in [0.717, 1.165) is 35.5 Å². The number of aromatic nitrogens is 2. The average Bonchev–Trinajstić information content (AvgIpc) is 2.20. The van der Waals surface area contributed by atoms with E-state index in [2.05, 4.69) is 20.6 Å². The first-order chi connectivity index (χ1) is 7.70. The van der Waals surface area contributed by atoms with Crippen molar-refractivity contribution in [1.82, 2.24) is 9.97 Å². The second-order valence-corrected chi connectivity index (χ2v) is 4.52. The molecular weight excluding hydrogens is 200 g/mol. The number of nitrogens with zero attached hydrogens (tertiary/aromatic N) is 2. The summed E-state index contributed by atoms with van der Waals surface area (Å²) in [6, 6.07) is 0. The highest BCUT2D eigenvalue weighted by atomic mass is 15.1. The van der Waals surface area contributed by atoms with Gasteiger partial charge in [0, 0.05) is 19.2 Å². The molecule has 0 aromatic carbocycles. The van der Waals surface area contributed by atoms with Crippen LogP contribution in [0.1, 0.15) is 30.7 Å². The fourth-order valence-corrected chi connectivity index (χ4v) is 1.98. The van der Waals surface area contributed by atoms with Gasteiger partial charge in [-0.3, -0.25) is 0 Å². The lowest BCUT2D eigenvalue weighted by molar-refractivity contribution is 0.333. The standard InChI is InChI=1S/C12H20N4/c1-8-11(13-3)15-9(2)16-12(8)14-7-10-5-4-6-10/h10H,4-7H2,1-3H3,(H2,13,14,15,16). The summed E-state index contributed by atoms with van der Waals surface area (Å²) in [5, 5.41) is 6.54. The first-order valence-corrected chi connectivity index (χ1v) is 5.97. The van der Waals surface area contributed by atoms with E-state index in [-0.39, 0.29) is 0 Å². The molecule has 0 radical (unpaired) electrons. The Labute approximate surface area is 96.9 Å². The molecule has 1 saturated carbocycles. The normalized spacial score (nSPS) is 15.7. The molecule has 0 unspecified atom stereocenters. The Bertz CT molecular complexity index is 372. The molecule has 2 rings (SSSR count). The third-order valence-electron chi connectivity index (χ3n) is 3.28. The Hall–Kier alpha value is -1.32. The molecule has 1 aromatic rings. The van der Waals surface area contributed by atoms with Crippen LogP contribution in [0.4, 0.5) is 11.6 Å². The monoisotopic (exact) mass is 220 g/mol. The number of rotatable bonds is 4. The molecule has 0 saturated heterocycles. The van der Waals surface area contributed by atoms with Crippen molar-refractivity contribution in [2.45, 2.75) is 33.1 Å². The van der Waals surface area contributed by atoms with Crippen molar-refractivity contribution in [1.29, 1.82) is 0 Å². The van der Waals surface area contributed by atoms with Crippen LogP contribution in [-0.4, -0.2) is 23.6 Å². The molecule has 4 nitrogen and oxygen atoms in total. The van der Waals surface area contributed by atoms with Crippen molar-refractivity contribution in [3.05, 3.63) is 11.4 Å². The van der Waals surface area contributed by atoms with Gasteiger partial charge in [0.15, 0.2) is 0 Å². The Morgan fingerprint density at radius 3 is 2.44 bits per heavy atom. The molecule has 0 spiro atoms. The summed E-state index contributed by atoms with van der Waals surface area (Å²) in [5.41, 5.74) is 1.10. The van der Waals surface area contributed by atoms with E-state index in [0.29, 0.717) is 0 Å². The average molecular weight is 220 g/mol. The van der Waals surface area contributed by atoms with E-state index >= 15 is 0 Å². The first kappa shape index (κ1) is 11.2. The van der Waals surface area contributed by atoms with Crippen molar-refractivity contribution >= 4 is 11.6 Å². The smallest absolute Gasteiger partial charge is 0.134 e. The molecule has 4 heteroatoms. The topological polar surface area (TPSA) is 49.8 Å². The Morgan fingerprint density at radius 2 is 1.88 bits per heavy atom. The van der Waals surface area contributed by atoms with Crippen LogP contribution in [0.2, 0.25) is 0 Å². The highest BCUT2D eigenvalue weighted by Crippen LogP contribution is 2.27. The lowest BCUT2D eigenvalue weighted by atomic mass is 9.85. The minimum Gasteiger partial charge on any atom is -0.373 e. The van der Waals surface area contributed by atoms with Crippen molar-refractivity contribution in [3.63, 3.8) is 0 Å². The lowest BCUT2D eigenvalue weighted by Crippen LogP contribution is -2.22. The number of hydrogen-bond donors (Lipinski definition) is 2.